The summed E-state index contributed by atoms with van der Waals surface area (Å²) in [5, 5.41) is 0. The molecule has 0 heterocycles. The third-order valence-corrected chi connectivity index (χ3v) is 4.39. The number of benzene rings is 2. The molecule has 0 aliphatic rings. The maximum Gasteiger partial charge on any atom is 0.152 e. The highest BCUT2D eigenvalue weighted by molar-refractivity contribution is 5.91. The second-order valence-electron chi connectivity index (χ2n) is 7.26. The summed E-state index contributed by atoms with van der Waals surface area (Å²) < 4.78 is 5.77. The number of hydrogen-bond acceptors (Lipinski definition) is 3. The van der Waals surface area contributed by atoms with E-state index in [0.717, 1.165) is 29.9 Å². The maximum atomic E-state index is 10.9. The zero-order valence-corrected chi connectivity index (χ0v) is 23.0. The Morgan fingerprint density at radius 2 is 1.48 bits per heavy atom. The van der Waals surface area contributed by atoms with Crippen LogP contribution in [0.25, 0.3) is 6.08 Å². The van der Waals surface area contributed by atoms with Crippen LogP contribution in [0.4, 0.5) is 0 Å². The number of ether oxygens (including phenoxy) is 1. The van der Waals surface area contributed by atoms with Gasteiger partial charge in [0.2, 0.25) is 0 Å². The van der Waals surface area contributed by atoms with Gasteiger partial charge in [-0.15, -0.1) is 0 Å². The molecule has 3 N–H and O–H groups in total. The highest BCUT2D eigenvalue weighted by atomic mass is 16.5. The molecule has 188 valence electrons. The first-order valence-electron chi connectivity index (χ1n) is 12.4. The van der Waals surface area contributed by atoms with E-state index in [0.29, 0.717) is 0 Å². The van der Waals surface area contributed by atoms with E-state index in [9.17, 15) is 4.79 Å². The summed E-state index contributed by atoms with van der Waals surface area (Å²) in [6, 6.07) is 14.8. The van der Waals surface area contributed by atoms with Crippen molar-refractivity contribution in [1.82, 2.24) is 6.15 Å². The number of unbranched alkanes of at least 4 members (excludes halogenated alkanes) is 2. The summed E-state index contributed by atoms with van der Waals surface area (Å²) in [4.78, 5) is 10.9. The Labute approximate surface area is 205 Å². The van der Waals surface area contributed by atoms with Crippen LogP contribution in [-0.2, 0) is 11.2 Å². The third-order valence-electron chi connectivity index (χ3n) is 4.39. The van der Waals surface area contributed by atoms with Gasteiger partial charge in [0.05, 0.1) is 6.61 Å². The van der Waals surface area contributed by atoms with Crippen LogP contribution in [0.3, 0.4) is 0 Å². The van der Waals surface area contributed by atoms with E-state index in [-0.39, 0.29) is 11.9 Å². The van der Waals surface area contributed by atoms with Gasteiger partial charge in [-0.05, 0) is 62.4 Å². The molecule has 3 heteroatoms. The van der Waals surface area contributed by atoms with E-state index >= 15 is 0 Å². The summed E-state index contributed by atoms with van der Waals surface area (Å²) in [6.07, 6.45) is 9.33. The normalized spacial score (nSPS) is 9.24. The zero-order valence-electron chi connectivity index (χ0n) is 23.0. The first kappa shape index (κ1) is 35.2. The number of ketones is 1. The van der Waals surface area contributed by atoms with Crippen molar-refractivity contribution < 1.29 is 9.53 Å². The zero-order chi connectivity index (χ0) is 24.8. The van der Waals surface area contributed by atoms with Gasteiger partial charge in [-0.2, -0.15) is 0 Å². The Balaban J connectivity index is -0.000000510. The lowest BCUT2D eigenvalue weighted by atomic mass is 10.1. The number of carbonyl (C=O) groups excluding carboxylic acids is 1. The molecule has 0 saturated carbocycles. The van der Waals surface area contributed by atoms with Crippen LogP contribution in [0, 0.1) is 13.8 Å². The van der Waals surface area contributed by atoms with E-state index in [1.807, 2.05) is 58.9 Å². The molecule has 2 aromatic rings. The Morgan fingerprint density at radius 3 is 2.00 bits per heavy atom. The number of aryl methyl sites for hydroxylation is 3. The summed E-state index contributed by atoms with van der Waals surface area (Å²) in [7, 11) is 0. The fourth-order valence-corrected chi connectivity index (χ4v) is 2.67. The Bertz CT molecular complexity index is 733. The number of carbonyl (C=O) groups is 1. The summed E-state index contributed by atoms with van der Waals surface area (Å²) in [6.45, 7) is 18.9. The van der Waals surface area contributed by atoms with Crippen molar-refractivity contribution in [2.45, 2.75) is 94.4 Å². The van der Waals surface area contributed by atoms with Gasteiger partial charge in [-0.3, -0.25) is 4.79 Å². The predicted molar refractivity (Wildman–Crippen MR) is 149 cm³/mol. The van der Waals surface area contributed by atoms with Crippen LogP contribution < -0.4 is 10.9 Å². The van der Waals surface area contributed by atoms with Gasteiger partial charge in [0.25, 0.3) is 0 Å². The average Bonchev–Trinajstić information content (AvgIpc) is 2.81. The van der Waals surface area contributed by atoms with Gasteiger partial charge in [-0.25, -0.2) is 0 Å². The number of allylic oxidation sites excluding steroid dienone is 1. The summed E-state index contributed by atoms with van der Waals surface area (Å²) in [5.41, 5.74) is 4.93. The molecule has 3 nitrogen and oxygen atoms in total. The van der Waals surface area contributed by atoms with E-state index in [4.69, 9.17) is 4.74 Å². The first-order chi connectivity index (χ1) is 15.5. The molecule has 0 unspecified atom stereocenters. The van der Waals surface area contributed by atoms with E-state index < -0.39 is 0 Å². The minimum absolute atomic E-state index is 0. The highest BCUT2D eigenvalue weighted by Crippen LogP contribution is 2.20. The van der Waals surface area contributed by atoms with Gasteiger partial charge in [0, 0.05) is 0 Å². The molecule has 0 radical (unpaired) electrons. The van der Waals surface area contributed by atoms with Gasteiger partial charge < -0.3 is 10.9 Å². The molecule has 0 aliphatic heterocycles. The lowest BCUT2D eigenvalue weighted by molar-refractivity contribution is -0.112. The van der Waals surface area contributed by atoms with Crippen molar-refractivity contribution in [3.8, 4) is 5.75 Å². The lowest BCUT2D eigenvalue weighted by Crippen LogP contribution is -1.98. The molecule has 0 fully saturated rings. The van der Waals surface area contributed by atoms with Gasteiger partial charge in [-0.1, -0.05) is 109 Å². The van der Waals surface area contributed by atoms with Gasteiger partial charge in [0.1, 0.15) is 5.75 Å². The van der Waals surface area contributed by atoms with E-state index in [1.165, 1.54) is 36.8 Å². The minimum atomic E-state index is 0. The van der Waals surface area contributed by atoms with Crippen molar-refractivity contribution in [3.05, 3.63) is 70.8 Å². The van der Waals surface area contributed by atoms with Gasteiger partial charge in [0.15, 0.2) is 5.78 Å². The molecule has 0 aromatic heterocycles. The predicted octanol–water partition coefficient (Wildman–Crippen LogP) is 9.33. The molecule has 0 atom stereocenters. The first-order valence-corrected chi connectivity index (χ1v) is 12.4. The molecule has 0 aliphatic carbocycles. The summed E-state index contributed by atoms with van der Waals surface area (Å²) in [5.74, 6) is 0.970. The van der Waals surface area contributed by atoms with Crippen LogP contribution in [0.1, 0.15) is 96.4 Å². The second kappa shape index (κ2) is 24.3. The topological polar surface area (TPSA) is 61.3 Å². The van der Waals surface area contributed by atoms with Crippen LogP contribution in [0.5, 0.6) is 5.75 Å². The Kier molecular flexibility index (Phi) is 25.9. The van der Waals surface area contributed by atoms with Crippen molar-refractivity contribution in [3.63, 3.8) is 0 Å². The molecule has 0 saturated heterocycles. The minimum Gasteiger partial charge on any atom is -0.493 e. The highest BCUT2D eigenvalue weighted by Gasteiger charge is 2.00. The molecular formula is C30H51NO2. The Hall–Kier alpha value is -2.39. The SMILES string of the molecule is CC.CC.CCCCCOc1cc(/C=C/C(C)=O)ccc1C.CCCc1ccc(C)cc1.N. The fraction of sp³-hybridized carbons (Fsp3) is 0.500. The monoisotopic (exact) mass is 457 g/mol. The van der Waals surface area contributed by atoms with Crippen LogP contribution in [-0.4, -0.2) is 12.4 Å². The fourth-order valence-electron chi connectivity index (χ4n) is 2.67. The Morgan fingerprint density at radius 1 is 0.879 bits per heavy atom. The quantitative estimate of drug-likeness (QED) is 0.301. The third kappa shape index (κ3) is 18.8. The molecule has 2 rings (SSSR count). The van der Waals surface area contributed by atoms with Crippen LogP contribution in [0.15, 0.2) is 48.5 Å². The molecule has 0 spiro atoms. The molecule has 0 amide bonds. The van der Waals surface area contributed by atoms with Crippen LogP contribution in [0.2, 0.25) is 0 Å². The number of hydrogen-bond donors (Lipinski definition) is 1. The molecule has 2 aromatic carbocycles. The van der Waals surface area contributed by atoms with E-state index in [2.05, 4.69) is 45.0 Å². The maximum absolute atomic E-state index is 10.9. The van der Waals surface area contributed by atoms with Crippen molar-refractivity contribution >= 4 is 11.9 Å². The van der Waals surface area contributed by atoms with Gasteiger partial charge >= 0.3 is 0 Å². The average molecular weight is 458 g/mol. The number of rotatable bonds is 9. The lowest BCUT2D eigenvalue weighted by Gasteiger charge is -2.09. The standard InChI is InChI=1S/C16H22O2.C10H14.2C2H6.H3N/c1-4-5-6-11-18-16-12-15(9-7-13(16)2)10-8-14(3)17;1-3-4-10-7-5-9(2)6-8-10;2*1-2;/h7-10,12H,4-6,11H2,1-3H3;5-8H,3-4H2,1-2H3;2*1-2H3;1H3/b10-8+;;;;. The van der Waals surface area contributed by atoms with Crippen molar-refractivity contribution in [2.75, 3.05) is 6.61 Å². The van der Waals surface area contributed by atoms with Crippen molar-refractivity contribution in [2.24, 2.45) is 0 Å². The molecule has 33 heavy (non-hydrogen) atoms. The van der Waals surface area contributed by atoms with Crippen LogP contribution >= 0.6 is 0 Å². The van der Waals surface area contributed by atoms with Crippen molar-refractivity contribution in [1.29, 1.82) is 0 Å². The second-order valence-corrected chi connectivity index (χ2v) is 7.26. The molecular weight excluding hydrogens is 406 g/mol. The smallest absolute Gasteiger partial charge is 0.152 e. The summed E-state index contributed by atoms with van der Waals surface area (Å²) >= 11 is 0. The molecule has 0 bridgehead atoms. The largest absolute Gasteiger partial charge is 0.493 e. The van der Waals surface area contributed by atoms with E-state index in [1.54, 1.807) is 13.0 Å².